The highest BCUT2D eigenvalue weighted by molar-refractivity contribution is 7.14. The van der Waals surface area contributed by atoms with Gasteiger partial charge >= 0.3 is 0 Å². The van der Waals surface area contributed by atoms with Gasteiger partial charge in [-0.1, -0.05) is 6.07 Å². The minimum atomic E-state index is -0.295. The largest absolute Gasteiger partial charge is 0.491 e. The number of nitrogens with one attached hydrogen (secondary N) is 2. The lowest BCUT2D eigenvalue weighted by Crippen LogP contribution is -2.17. The van der Waals surface area contributed by atoms with Gasteiger partial charge in [-0.2, -0.15) is 0 Å². The summed E-state index contributed by atoms with van der Waals surface area (Å²) in [5, 5.41) is 7.75. The van der Waals surface area contributed by atoms with Crippen LogP contribution in [0.4, 0.5) is 10.8 Å². The van der Waals surface area contributed by atoms with Crippen LogP contribution in [0.1, 0.15) is 34.7 Å². The SMILES string of the molecule is Cc1occc1C(=O)Nc1nc(CC(=O)Nc2cccc(OCC3CCCO3)c2)cs1. The number of hydrogen-bond acceptors (Lipinski definition) is 7. The van der Waals surface area contributed by atoms with Crippen molar-refractivity contribution in [1.82, 2.24) is 4.98 Å². The van der Waals surface area contributed by atoms with E-state index >= 15 is 0 Å². The smallest absolute Gasteiger partial charge is 0.260 e. The Hall–Kier alpha value is -3.17. The Morgan fingerprint density at radius 1 is 1.29 bits per heavy atom. The van der Waals surface area contributed by atoms with E-state index in [-0.39, 0.29) is 24.3 Å². The predicted octanol–water partition coefficient (Wildman–Crippen LogP) is 4.04. The molecular formula is C22H23N3O5S. The molecule has 8 nitrogen and oxygen atoms in total. The summed E-state index contributed by atoms with van der Waals surface area (Å²) in [6.45, 7) is 3.01. The van der Waals surface area contributed by atoms with Crippen LogP contribution in [0.2, 0.25) is 0 Å². The van der Waals surface area contributed by atoms with E-state index in [1.54, 1.807) is 30.5 Å². The number of benzene rings is 1. The molecule has 2 amide bonds. The van der Waals surface area contributed by atoms with E-state index < -0.39 is 0 Å². The van der Waals surface area contributed by atoms with Crippen LogP contribution < -0.4 is 15.4 Å². The van der Waals surface area contributed by atoms with Gasteiger partial charge in [-0.3, -0.25) is 14.9 Å². The maximum absolute atomic E-state index is 12.4. The number of rotatable bonds is 8. The molecule has 0 spiro atoms. The van der Waals surface area contributed by atoms with E-state index in [9.17, 15) is 9.59 Å². The molecule has 0 aliphatic carbocycles. The van der Waals surface area contributed by atoms with Crippen LogP contribution in [-0.2, 0) is 16.0 Å². The van der Waals surface area contributed by atoms with Crippen LogP contribution in [0.15, 0.2) is 46.4 Å². The van der Waals surface area contributed by atoms with Gasteiger partial charge < -0.3 is 19.2 Å². The van der Waals surface area contributed by atoms with Crippen LogP contribution in [0.25, 0.3) is 0 Å². The first-order valence-corrected chi connectivity index (χ1v) is 10.9. The van der Waals surface area contributed by atoms with Crippen molar-refractivity contribution in [2.45, 2.75) is 32.3 Å². The van der Waals surface area contributed by atoms with Gasteiger partial charge in [0, 0.05) is 23.7 Å². The number of nitrogens with zero attached hydrogens (tertiary/aromatic N) is 1. The monoisotopic (exact) mass is 441 g/mol. The van der Waals surface area contributed by atoms with Crippen molar-refractivity contribution in [3.8, 4) is 5.75 Å². The topological polar surface area (TPSA) is 103 Å². The molecule has 2 aromatic heterocycles. The summed E-state index contributed by atoms with van der Waals surface area (Å²) in [4.78, 5) is 29.0. The number of amides is 2. The molecule has 1 fully saturated rings. The molecule has 4 rings (SSSR count). The van der Waals surface area contributed by atoms with Crippen LogP contribution in [-0.4, -0.2) is 36.1 Å². The second kappa shape index (κ2) is 9.76. The lowest BCUT2D eigenvalue weighted by Gasteiger charge is -2.12. The third-order valence-corrected chi connectivity index (χ3v) is 5.60. The van der Waals surface area contributed by atoms with E-state index in [1.807, 2.05) is 12.1 Å². The first kappa shape index (κ1) is 21.1. The molecule has 1 saturated heterocycles. The summed E-state index contributed by atoms with van der Waals surface area (Å²) >= 11 is 1.26. The van der Waals surface area contributed by atoms with Gasteiger partial charge in [0.05, 0.1) is 30.0 Å². The third-order valence-electron chi connectivity index (χ3n) is 4.80. The van der Waals surface area contributed by atoms with E-state index in [1.165, 1.54) is 17.6 Å². The molecule has 31 heavy (non-hydrogen) atoms. The number of aryl methyl sites for hydroxylation is 1. The molecule has 1 aromatic carbocycles. The quantitative estimate of drug-likeness (QED) is 0.547. The summed E-state index contributed by atoms with van der Waals surface area (Å²) in [7, 11) is 0. The zero-order valence-corrected chi connectivity index (χ0v) is 17.9. The molecular weight excluding hydrogens is 418 g/mol. The highest BCUT2D eigenvalue weighted by Crippen LogP contribution is 2.21. The minimum Gasteiger partial charge on any atom is -0.491 e. The fourth-order valence-electron chi connectivity index (χ4n) is 3.23. The normalized spacial score (nSPS) is 15.6. The molecule has 0 bridgehead atoms. The van der Waals surface area contributed by atoms with Crippen LogP contribution in [0.3, 0.4) is 0 Å². The van der Waals surface area contributed by atoms with Crippen molar-refractivity contribution >= 4 is 34.0 Å². The zero-order valence-electron chi connectivity index (χ0n) is 17.1. The van der Waals surface area contributed by atoms with E-state index in [0.29, 0.717) is 40.2 Å². The molecule has 162 valence electrons. The second-order valence-corrected chi connectivity index (χ2v) is 8.05. The lowest BCUT2D eigenvalue weighted by atomic mass is 10.2. The van der Waals surface area contributed by atoms with E-state index in [4.69, 9.17) is 13.9 Å². The lowest BCUT2D eigenvalue weighted by molar-refractivity contribution is -0.115. The highest BCUT2D eigenvalue weighted by Gasteiger charge is 2.17. The molecule has 3 aromatic rings. The molecule has 1 atom stereocenters. The summed E-state index contributed by atoms with van der Waals surface area (Å²) in [6.07, 6.45) is 3.77. The molecule has 9 heteroatoms. The summed E-state index contributed by atoms with van der Waals surface area (Å²) in [6, 6.07) is 8.87. The number of carbonyl (C=O) groups is 2. The highest BCUT2D eigenvalue weighted by atomic mass is 32.1. The first-order chi connectivity index (χ1) is 15.1. The molecule has 1 unspecified atom stereocenters. The Balaban J connectivity index is 1.28. The minimum absolute atomic E-state index is 0.0953. The molecule has 0 radical (unpaired) electrons. The van der Waals surface area contributed by atoms with E-state index in [0.717, 1.165) is 19.4 Å². The fraction of sp³-hybridized carbons (Fsp3) is 0.318. The Bertz CT molecular complexity index is 1050. The van der Waals surface area contributed by atoms with Gasteiger partial charge in [0.15, 0.2) is 5.13 Å². The molecule has 1 aliphatic rings. The number of carbonyl (C=O) groups excluding carboxylic acids is 2. The van der Waals surface area contributed by atoms with Gasteiger partial charge in [-0.25, -0.2) is 4.98 Å². The van der Waals surface area contributed by atoms with Crippen molar-refractivity contribution in [2.24, 2.45) is 0 Å². The summed E-state index contributed by atoms with van der Waals surface area (Å²) in [5.74, 6) is 0.721. The number of ether oxygens (including phenoxy) is 2. The average Bonchev–Trinajstić information content (AvgIpc) is 3.49. The molecule has 0 saturated carbocycles. The van der Waals surface area contributed by atoms with Crippen molar-refractivity contribution < 1.29 is 23.5 Å². The predicted molar refractivity (Wildman–Crippen MR) is 117 cm³/mol. The second-order valence-electron chi connectivity index (χ2n) is 7.19. The number of hydrogen-bond donors (Lipinski definition) is 2. The Morgan fingerprint density at radius 2 is 2.19 bits per heavy atom. The molecule has 3 heterocycles. The summed E-state index contributed by atoms with van der Waals surface area (Å²) in [5.41, 5.74) is 1.68. The molecule has 2 N–H and O–H groups in total. The zero-order chi connectivity index (χ0) is 21.6. The van der Waals surface area contributed by atoms with Crippen molar-refractivity contribution in [3.63, 3.8) is 0 Å². The number of anilines is 2. The summed E-state index contributed by atoms with van der Waals surface area (Å²) < 4.78 is 16.5. The van der Waals surface area contributed by atoms with Crippen LogP contribution in [0.5, 0.6) is 5.75 Å². The van der Waals surface area contributed by atoms with Crippen molar-refractivity contribution in [2.75, 3.05) is 23.8 Å². The van der Waals surface area contributed by atoms with E-state index in [2.05, 4.69) is 15.6 Å². The standard InChI is InChI=1S/C22H23N3O5S/c1-14-19(7-9-28-14)21(27)25-22-24-16(13-31-22)11-20(26)23-15-4-2-5-17(10-15)30-12-18-6-3-8-29-18/h2,4-5,7,9-10,13,18H,3,6,8,11-12H2,1H3,(H,23,26)(H,24,25,27). The number of thiazole rings is 1. The third kappa shape index (κ3) is 5.71. The van der Waals surface area contributed by atoms with Crippen LogP contribution in [0, 0.1) is 6.92 Å². The number of furan rings is 1. The van der Waals surface area contributed by atoms with Gasteiger partial charge in [0.25, 0.3) is 5.91 Å². The average molecular weight is 442 g/mol. The van der Waals surface area contributed by atoms with Gasteiger partial charge in [0.2, 0.25) is 5.91 Å². The van der Waals surface area contributed by atoms with Crippen molar-refractivity contribution in [3.05, 3.63) is 59.0 Å². The molecule has 1 aliphatic heterocycles. The Kier molecular flexibility index (Phi) is 6.63. The van der Waals surface area contributed by atoms with Crippen LogP contribution >= 0.6 is 11.3 Å². The Morgan fingerprint density at radius 3 is 2.97 bits per heavy atom. The van der Waals surface area contributed by atoms with Gasteiger partial charge in [0.1, 0.15) is 18.1 Å². The maximum atomic E-state index is 12.4. The van der Waals surface area contributed by atoms with Crippen molar-refractivity contribution in [1.29, 1.82) is 0 Å². The first-order valence-electron chi connectivity index (χ1n) is 10.0. The maximum Gasteiger partial charge on any atom is 0.260 e. The van der Waals surface area contributed by atoms with Gasteiger partial charge in [-0.05, 0) is 38.0 Å². The van der Waals surface area contributed by atoms with Gasteiger partial charge in [-0.15, -0.1) is 11.3 Å². The fourth-order valence-corrected chi connectivity index (χ4v) is 3.93. The number of aromatic nitrogens is 1. The Labute approximate surface area is 183 Å².